The third-order valence-corrected chi connectivity index (χ3v) is 6.23. The van der Waals surface area contributed by atoms with Gasteiger partial charge >= 0.3 is 0 Å². The maximum absolute atomic E-state index is 13.0. The van der Waals surface area contributed by atoms with Gasteiger partial charge in [-0.1, -0.05) is 12.1 Å². The number of carbonyl (C=O) groups is 2. The number of aryl methyl sites for hydroxylation is 1. The zero-order chi connectivity index (χ0) is 21.0. The van der Waals surface area contributed by atoms with Crippen LogP contribution in [0.15, 0.2) is 42.6 Å². The van der Waals surface area contributed by atoms with Gasteiger partial charge in [0.1, 0.15) is 0 Å². The first-order chi connectivity index (χ1) is 14.5. The van der Waals surface area contributed by atoms with Gasteiger partial charge in [-0.15, -0.1) is 0 Å². The number of nitrogens with two attached hydrogens (primary N) is 1. The van der Waals surface area contributed by atoms with Crippen LogP contribution in [-0.4, -0.2) is 45.4 Å². The smallest absolute Gasteiger partial charge is 0.261 e. The Labute approximate surface area is 175 Å². The van der Waals surface area contributed by atoms with Gasteiger partial charge in [0.25, 0.3) is 11.8 Å². The average Bonchev–Trinajstić information content (AvgIpc) is 3.24. The number of carbonyl (C=O) groups excluding carboxylic acids is 2. The van der Waals surface area contributed by atoms with Gasteiger partial charge in [0, 0.05) is 32.4 Å². The number of rotatable bonds is 3. The number of anilines is 1. The van der Waals surface area contributed by atoms with Crippen molar-refractivity contribution >= 4 is 28.5 Å². The quantitative estimate of drug-likeness (QED) is 0.680. The number of amides is 2. The van der Waals surface area contributed by atoms with Crippen LogP contribution >= 0.6 is 0 Å². The summed E-state index contributed by atoms with van der Waals surface area (Å²) < 4.78 is 2.04. The number of hydrogen-bond acceptors (Lipinski definition) is 5. The fourth-order valence-corrected chi connectivity index (χ4v) is 4.70. The molecule has 5 rings (SSSR count). The number of fused-ring (bicyclic) bond motifs is 2. The van der Waals surface area contributed by atoms with Gasteiger partial charge in [0.05, 0.1) is 39.6 Å². The molecule has 7 heteroatoms. The fourth-order valence-electron chi connectivity index (χ4n) is 4.70. The summed E-state index contributed by atoms with van der Waals surface area (Å²) in [5.74, 6) is -0.378. The largest absolute Gasteiger partial charge is 0.368 e. The molecule has 0 aliphatic carbocycles. The summed E-state index contributed by atoms with van der Waals surface area (Å²) in [7, 11) is 2.00. The van der Waals surface area contributed by atoms with Crippen molar-refractivity contribution in [1.29, 1.82) is 0 Å². The molecule has 2 atom stereocenters. The molecule has 154 valence electrons. The Morgan fingerprint density at radius 2 is 1.83 bits per heavy atom. The molecule has 30 heavy (non-hydrogen) atoms. The van der Waals surface area contributed by atoms with Crippen LogP contribution in [0.25, 0.3) is 11.0 Å². The summed E-state index contributed by atoms with van der Waals surface area (Å²) in [4.78, 5) is 34.4. The van der Waals surface area contributed by atoms with Crippen molar-refractivity contribution in [1.82, 2.24) is 14.5 Å². The zero-order valence-electron chi connectivity index (χ0n) is 17.2. The summed E-state index contributed by atoms with van der Waals surface area (Å²) in [6, 6.07) is 10.8. The van der Waals surface area contributed by atoms with E-state index in [4.69, 9.17) is 10.7 Å². The maximum atomic E-state index is 13.0. The second-order valence-corrected chi connectivity index (χ2v) is 8.28. The number of pyridine rings is 1. The van der Waals surface area contributed by atoms with Crippen LogP contribution in [0.4, 0.5) is 5.69 Å². The highest BCUT2D eigenvalue weighted by Gasteiger charge is 2.41. The van der Waals surface area contributed by atoms with E-state index in [1.165, 1.54) is 4.90 Å². The SMILES string of the molecule is CC(N)c1nc2ccn(C)c2cc1N1CCCC(N2C(=O)c3ccccc3C2=O)C1. The van der Waals surface area contributed by atoms with Crippen molar-refractivity contribution in [2.24, 2.45) is 12.8 Å². The molecule has 0 bridgehead atoms. The minimum Gasteiger partial charge on any atom is -0.368 e. The minimum atomic E-state index is -0.218. The molecule has 7 nitrogen and oxygen atoms in total. The standard InChI is InChI=1S/C23H25N5O2/c1-14(24)21-20(12-19-18(25-21)9-11-26(19)2)27-10-5-6-15(13-27)28-22(29)16-7-3-4-8-17(16)23(28)30/h3-4,7-9,11-12,14-15H,5-6,10,13,24H2,1-2H3. The average molecular weight is 403 g/mol. The number of aromatic nitrogens is 2. The lowest BCUT2D eigenvalue weighted by Crippen LogP contribution is -2.50. The van der Waals surface area contributed by atoms with Gasteiger partial charge in [-0.3, -0.25) is 14.5 Å². The number of nitrogens with zero attached hydrogens (tertiary/aromatic N) is 4. The predicted molar refractivity (Wildman–Crippen MR) is 115 cm³/mol. The molecule has 0 spiro atoms. The van der Waals surface area contributed by atoms with Gasteiger partial charge in [-0.25, -0.2) is 4.98 Å². The number of benzene rings is 1. The highest BCUT2D eigenvalue weighted by atomic mass is 16.2. The fraction of sp³-hybridized carbons (Fsp3) is 0.348. The normalized spacial score (nSPS) is 20.2. The number of piperidine rings is 1. The Kier molecular flexibility index (Phi) is 4.36. The van der Waals surface area contributed by atoms with Crippen LogP contribution in [0.3, 0.4) is 0 Å². The number of hydrogen-bond donors (Lipinski definition) is 1. The molecule has 3 aromatic rings. The first-order valence-electron chi connectivity index (χ1n) is 10.4. The highest BCUT2D eigenvalue weighted by Crippen LogP contribution is 2.33. The lowest BCUT2D eigenvalue weighted by atomic mass is 10.0. The Morgan fingerprint density at radius 1 is 1.13 bits per heavy atom. The third-order valence-electron chi connectivity index (χ3n) is 6.23. The van der Waals surface area contributed by atoms with E-state index in [1.807, 2.05) is 30.8 Å². The molecular formula is C23H25N5O2. The Hall–Kier alpha value is -3.19. The van der Waals surface area contributed by atoms with Crippen molar-refractivity contribution in [3.05, 3.63) is 59.4 Å². The van der Waals surface area contributed by atoms with Gasteiger partial charge in [0.15, 0.2) is 0 Å². The summed E-state index contributed by atoms with van der Waals surface area (Å²) in [6.45, 7) is 3.37. The van der Waals surface area contributed by atoms with Crippen LogP contribution < -0.4 is 10.6 Å². The molecule has 0 radical (unpaired) electrons. The summed E-state index contributed by atoms with van der Waals surface area (Å²) in [5, 5.41) is 0. The first-order valence-corrected chi connectivity index (χ1v) is 10.4. The van der Waals surface area contributed by atoms with Gasteiger partial charge in [0.2, 0.25) is 0 Å². The van der Waals surface area contributed by atoms with Gasteiger partial charge < -0.3 is 15.2 Å². The lowest BCUT2D eigenvalue weighted by molar-refractivity contribution is 0.0570. The molecule has 2 N–H and O–H groups in total. The van der Waals surface area contributed by atoms with E-state index in [2.05, 4.69) is 11.0 Å². The monoisotopic (exact) mass is 403 g/mol. The van der Waals surface area contributed by atoms with E-state index in [0.717, 1.165) is 41.8 Å². The molecule has 1 fully saturated rings. The van der Waals surface area contributed by atoms with E-state index < -0.39 is 0 Å². The molecular weight excluding hydrogens is 378 g/mol. The third kappa shape index (κ3) is 2.81. The molecule has 2 amide bonds. The van der Waals surface area contributed by atoms with Crippen molar-refractivity contribution < 1.29 is 9.59 Å². The van der Waals surface area contributed by atoms with Crippen LogP contribution in [0.2, 0.25) is 0 Å². The Bertz CT molecular complexity index is 1130. The van der Waals surface area contributed by atoms with Crippen LogP contribution in [0.1, 0.15) is 52.2 Å². The topological polar surface area (TPSA) is 84.5 Å². The molecule has 2 aromatic heterocycles. The van der Waals surface area contributed by atoms with E-state index >= 15 is 0 Å². The molecule has 2 aliphatic rings. The highest BCUT2D eigenvalue weighted by molar-refractivity contribution is 6.21. The summed E-state index contributed by atoms with van der Waals surface area (Å²) >= 11 is 0. The summed E-state index contributed by atoms with van der Waals surface area (Å²) in [5.41, 5.74) is 11.1. The number of imide groups is 1. The van der Waals surface area contributed by atoms with Crippen molar-refractivity contribution in [2.45, 2.75) is 31.8 Å². The van der Waals surface area contributed by atoms with Crippen LogP contribution in [0.5, 0.6) is 0 Å². The van der Waals surface area contributed by atoms with E-state index in [9.17, 15) is 9.59 Å². The first kappa shape index (κ1) is 18.8. The summed E-state index contributed by atoms with van der Waals surface area (Å²) in [6.07, 6.45) is 3.68. The molecule has 1 saturated heterocycles. The van der Waals surface area contributed by atoms with Gasteiger partial charge in [-0.2, -0.15) is 0 Å². The molecule has 2 aliphatic heterocycles. The van der Waals surface area contributed by atoms with Crippen LogP contribution in [-0.2, 0) is 7.05 Å². The molecule has 1 aromatic carbocycles. The maximum Gasteiger partial charge on any atom is 0.261 e. The minimum absolute atomic E-state index is 0.170. The van der Waals surface area contributed by atoms with E-state index in [-0.39, 0.29) is 23.9 Å². The second kappa shape index (κ2) is 6.95. The Balaban J connectivity index is 1.49. The predicted octanol–water partition coefficient (Wildman–Crippen LogP) is 2.86. The van der Waals surface area contributed by atoms with E-state index in [1.54, 1.807) is 24.3 Å². The van der Waals surface area contributed by atoms with Crippen molar-refractivity contribution in [3.63, 3.8) is 0 Å². The van der Waals surface area contributed by atoms with Gasteiger partial charge in [-0.05, 0) is 44.0 Å². The van der Waals surface area contributed by atoms with Crippen LogP contribution in [0, 0.1) is 0 Å². The molecule has 0 saturated carbocycles. The molecule has 2 unspecified atom stereocenters. The lowest BCUT2D eigenvalue weighted by Gasteiger charge is -2.38. The second-order valence-electron chi connectivity index (χ2n) is 8.28. The molecule has 4 heterocycles. The zero-order valence-corrected chi connectivity index (χ0v) is 17.2. The van der Waals surface area contributed by atoms with E-state index in [0.29, 0.717) is 17.7 Å². The van der Waals surface area contributed by atoms with Crippen molar-refractivity contribution in [2.75, 3.05) is 18.0 Å². The van der Waals surface area contributed by atoms with Crippen molar-refractivity contribution in [3.8, 4) is 0 Å². The Morgan fingerprint density at radius 3 is 2.50 bits per heavy atom.